The molecule has 0 bridgehead atoms. The Balaban J connectivity index is 2.11. The van der Waals surface area contributed by atoms with Gasteiger partial charge in [0.15, 0.2) is 0 Å². The number of hydrogen-bond acceptors (Lipinski definition) is 3. The average molecular weight is 247 g/mol. The molecule has 18 heavy (non-hydrogen) atoms. The fourth-order valence-corrected chi connectivity index (χ4v) is 2.63. The zero-order chi connectivity index (χ0) is 13.2. The predicted octanol–water partition coefficient (Wildman–Crippen LogP) is 2.42. The predicted molar refractivity (Wildman–Crippen MR) is 72.3 cm³/mol. The molecular formula is C14H21N3O. The third kappa shape index (κ3) is 3.00. The van der Waals surface area contributed by atoms with Gasteiger partial charge < -0.3 is 11.1 Å². The van der Waals surface area contributed by atoms with Crippen LogP contribution >= 0.6 is 0 Å². The lowest BCUT2D eigenvalue weighted by molar-refractivity contribution is 0.0882. The molecule has 0 aromatic carbocycles. The summed E-state index contributed by atoms with van der Waals surface area (Å²) in [5.41, 5.74) is 6.98. The maximum Gasteiger partial charge on any atom is 0.251 e. The molecule has 1 aromatic rings. The first-order valence-electron chi connectivity index (χ1n) is 6.55. The van der Waals surface area contributed by atoms with Crippen LogP contribution in [0.1, 0.15) is 55.1 Å². The van der Waals surface area contributed by atoms with Gasteiger partial charge in [0, 0.05) is 16.8 Å². The fourth-order valence-electron chi connectivity index (χ4n) is 2.63. The molecule has 1 aliphatic rings. The monoisotopic (exact) mass is 247 g/mol. The van der Waals surface area contributed by atoms with Gasteiger partial charge in [0.1, 0.15) is 5.82 Å². The molecule has 1 heterocycles. The van der Waals surface area contributed by atoms with Crippen LogP contribution in [0.25, 0.3) is 0 Å². The standard InChI is InChI=1S/C14H21N3O/c1-10-8-11(9-12(15)16-10)13(18)17-14(2)6-4-3-5-7-14/h8-9H,3-7H2,1-2H3,(H2,15,16)(H,17,18). The highest BCUT2D eigenvalue weighted by molar-refractivity contribution is 5.95. The number of aromatic nitrogens is 1. The molecule has 1 aliphatic carbocycles. The van der Waals surface area contributed by atoms with Crippen LogP contribution in [0.3, 0.4) is 0 Å². The highest BCUT2D eigenvalue weighted by atomic mass is 16.1. The number of carbonyl (C=O) groups excluding carboxylic acids is 1. The number of nitrogens with two attached hydrogens (primary N) is 1. The molecule has 0 atom stereocenters. The molecule has 4 heteroatoms. The normalized spacial score (nSPS) is 18.3. The van der Waals surface area contributed by atoms with Gasteiger partial charge in [-0.2, -0.15) is 0 Å². The number of aryl methyl sites for hydroxylation is 1. The number of rotatable bonds is 2. The molecule has 0 saturated heterocycles. The highest BCUT2D eigenvalue weighted by Crippen LogP contribution is 2.27. The molecule has 3 N–H and O–H groups in total. The second kappa shape index (κ2) is 4.96. The van der Waals surface area contributed by atoms with Gasteiger partial charge in [0.25, 0.3) is 5.91 Å². The number of anilines is 1. The Kier molecular flexibility index (Phi) is 3.55. The third-order valence-electron chi connectivity index (χ3n) is 3.61. The summed E-state index contributed by atoms with van der Waals surface area (Å²) in [6.45, 7) is 3.97. The molecule has 0 spiro atoms. The van der Waals surface area contributed by atoms with Crippen molar-refractivity contribution in [2.45, 2.75) is 51.5 Å². The van der Waals surface area contributed by atoms with Gasteiger partial charge in [-0.05, 0) is 38.8 Å². The minimum atomic E-state index is -0.0682. The molecule has 0 unspecified atom stereocenters. The van der Waals surface area contributed by atoms with Crippen molar-refractivity contribution in [1.82, 2.24) is 10.3 Å². The van der Waals surface area contributed by atoms with E-state index in [0.717, 1.165) is 18.5 Å². The maximum atomic E-state index is 12.2. The van der Waals surface area contributed by atoms with E-state index in [1.54, 1.807) is 12.1 Å². The smallest absolute Gasteiger partial charge is 0.251 e. The van der Waals surface area contributed by atoms with Crippen molar-refractivity contribution in [1.29, 1.82) is 0 Å². The molecule has 98 valence electrons. The Labute approximate surface area is 108 Å². The molecule has 1 fully saturated rings. The number of pyridine rings is 1. The Morgan fingerprint density at radius 1 is 1.33 bits per heavy atom. The molecule has 2 rings (SSSR count). The van der Waals surface area contributed by atoms with E-state index in [2.05, 4.69) is 17.2 Å². The van der Waals surface area contributed by atoms with Gasteiger partial charge in [-0.3, -0.25) is 4.79 Å². The summed E-state index contributed by atoms with van der Waals surface area (Å²) >= 11 is 0. The minimum Gasteiger partial charge on any atom is -0.384 e. The number of nitrogens with one attached hydrogen (secondary N) is 1. The lowest BCUT2D eigenvalue weighted by atomic mass is 9.83. The van der Waals surface area contributed by atoms with Crippen LogP contribution in [-0.2, 0) is 0 Å². The molecule has 1 amide bonds. The van der Waals surface area contributed by atoms with E-state index in [9.17, 15) is 4.79 Å². The second-order valence-corrected chi connectivity index (χ2v) is 5.50. The van der Waals surface area contributed by atoms with Gasteiger partial charge in [-0.1, -0.05) is 19.3 Å². The summed E-state index contributed by atoms with van der Waals surface area (Å²) < 4.78 is 0. The van der Waals surface area contributed by atoms with Gasteiger partial charge >= 0.3 is 0 Å². The van der Waals surface area contributed by atoms with Gasteiger partial charge in [-0.25, -0.2) is 4.98 Å². The SMILES string of the molecule is Cc1cc(C(=O)NC2(C)CCCCC2)cc(N)n1. The topological polar surface area (TPSA) is 68.0 Å². The number of carbonyl (C=O) groups is 1. The van der Waals surface area contributed by atoms with Crippen molar-refractivity contribution in [2.75, 3.05) is 5.73 Å². The number of amides is 1. The Bertz CT molecular complexity index is 430. The van der Waals surface area contributed by atoms with Crippen LogP contribution in [0.4, 0.5) is 5.82 Å². The van der Waals surface area contributed by atoms with E-state index in [1.807, 2.05) is 6.92 Å². The Morgan fingerprint density at radius 2 is 2.00 bits per heavy atom. The minimum absolute atomic E-state index is 0.0448. The van der Waals surface area contributed by atoms with E-state index in [-0.39, 0.29) is 11.4 Å². The van der Waals surface area contributed by atoms with Crippen molar-refractivity contribution >= 4 is 11.7 Å². The highest BCUT2D eigenvalue weighted by Gasteiger charge is 2.28. The van der Waals surface area contributed by atoms with Crippen LogP contribution in [0.2, 0.25) is 0 Å². The van der Waals surface area contributed by atoms with Crippen LogP contribution < -0.4 is 11.1 Å². The molecule has 1 saturated carbocycles. The third-order valence-corrected chi connectivity index (χ3v) is 3.61. The summed E-state index contributed by atoms with van der Waals surface area (Å²) in [7, 11) is 0. The molecule has 0 aliphatic heterocycles. The van der Waals surface area contributed by atoms with Crippen LogP contribution in [0.15, 0.2) is 12.1 Å². The van der Waals surface area contributed by atoms with Crippen molar-refractivity contribution in [2.24, 2.45) is 0 Å². The van der Waals surface area contributed by atoms with Gasteiger partial charge in [-0.15, -0.1) is 0 Å². The lowest BCUT2D eigenvalue weighted by Gasteiger charge is -2.34. The largest absolute Gasteiger partial charge is 0.384 e. The number of nitrogen functional groups attached to an aromatic ring is 1. The van der Waals surface area contributed by atoms with E-state index in [4.69, 9.17) is 5.73 Å². The first-order valence-corrected chi connectivity index (χ1v) is 6.55. The molecule has 1 aromatic heterocycles. The van der Waals surface area contributed by atoms with Gasteiger partial charge in [0.2, 0.25) is 0 Å². The van der Waals surface area contributed by atoms with Crippen molar-refractivity contribution < 1.29 is 4.79 Å². The van der Waals surface area contributed by atoms with E-state index < -0.39 is 0 Å². The average Bonchev–Trinajstić information content (AvgIpc) is 2.28. The molecule has 0 radical (unpaired) electrons. The Hall–Kier alpha value is -1.58. The summed E-state index contributed by atoms with van der Waals surface area (Å²) in [6.07, 6.45) is 5.76. The zero-order valence-electron chi connectivity index (χ0n) is 11.1. The number of hydrogen-bond donors (Lipinski definition) is 2. The lowest BCUT2D eigenvalue weighted by Crippen LogP contribution is -2.47. The molecular weight excluding hydrogens is 226 g/mol. The fraction of sp³-hybridized carbons (Fsp3) is 0.571. The number of nitrogens with zero attached hydrogens (tertiary/aromatic N) is 1. The first kappa shape index (κ1) is 12.9. The Morgan fingerprint density at radius 3 is 2.61 bits per heavy atom. The van der Waals surface area contributed by atoms with Gasteiger partial charge in [0.05, 0.1) is 0 Å². The van der Waals surface area contributed by atoms with Crippen LogP contribution in [0.5, 0.6) is 0 Å². The summed E-state index contributed by atoms with van der Waals surface area (Å²) in [6, 6.07) is 3.41. The maximum absolute atomic E-state index is 12.2. The second-order valence-electron chi connectivity index (χ2n) is 5.50. The van der Waals surface area contributed by atoms with Crippen molar-refractivity contribution in [3.8, 4) is 0 Å². The van der Waals surface area contributed by atoms with Crippen molar-refractivity contribution in [3.05, 3.63) is 23.4 Å². The van der Waals surface area contributed by atoms with Crippen molar-refractivity contribution in [3.63, 3.8) is 0 Å². The summed E-state index contributed by atoms with van der Waals surface area (Å²) in [5, 5.41) is 3.14. The quantitative estimate of drug-likeness (QED) is 0.843. The van der Waals surface area contributed by atoms with E-state index in [1.165, 1.54) is 19.3 Å². The zero-order valence-corrected chi connectivity index (χ0v) is 11.1. The van der Waals surface area contributed by atoms with E-state index >= 15 is 0 Å². The summed E-state index contributed by atoms with van der Waals surface area (Å²) in [4.78, 5) is 16.3. The van der Waals surface area contributed by atoms with E-state index in [0.29, 0.717) is 11.4 Å². The van der Waals surface area contributed by atoms with Crippen LogP contribution in [0, 0.1) is 6.92 Å². The summed E-state index contributed by atoms with van der Waals surface area (Å²) in [5.74, 6) is 0.352. The molecule has 4 nitrogen and oxygen atoms in total. The van der Waals surface area contributed by atoms with Crippen LogP contribution in [-0.4, -0.2) is 16.4 Å². The first-order chi connectivity index (χ1) is 8.48.